The molecule has 0 aromatic heterocycles. The Morgan fingerprint density at radius 2 is 1.90 bits per heavy atom. The van der Waals surface area contributed by atoms with E-state index in [9.17, 15) is 4.79 Å². The quantitative estimate of drug-likeness (QED) is 0.276. The van der Waals surface area contributed by atoms with Crippen molar-refractivity contribution < 1.29 is 14.3 Å². The molecular formula is C24H27NO3S2. The summed E-state index contributed by atoms with van der Waals surface area (Å²) in [4.78, 5) is 14.3. The average molecular weight is 442 g/mol. The highest BCUT2D eigenvalue weighted by atomic mass is 32.2. The van der Waals surface area contributed by atoms with E-state index in [1.807, 2.05) is 42.5 Å². The summed E-state index contributed by atoms with van der Waals surface area (Å²) in [7, 11) is 1.70. The smallest absolute Gasteiger partial charge is 0.265 e. The summed E-state index contributed by atoms with van der Waals surface area (Å²) in [5.74, 6) is 2.15. The van der Waals surface area contributed by atoms with Crippen LogP contribution in [0.1, 0.15) is 43.7 Å². The minimum absolute atomic E-state index is 0.0638. The molecule has 0 spiro atoms. The number of nitrogens with zero attached hydrogens (tertiary/aromatic N) is 1. The lowest BCUT2D eigenvalue weighted by molar-refractivity contribution is -0.121. The Morgan fingerprint density at radius 1 is 1.13 bits per heavy atom. The number of carbonyl (C=O) groups is 1. The van der Waals surface area contributed by atoms with E-state index in [1.165, 1.54) is 22.2 Å². The van der Waals surface area contributed by atoms with E-state index in [2.05, 4.69) is 26.0 Å². The van der Waals surface area contributed by atoms with Gasteiger partial charge in [0.25, 0.3) is 5.91 Å². The summed E-state index contributed by atoms with van der Waals surface area (Å²) in [5.41, 5.74) is 2.17. The van der Waals surface area contributed by atoms with Crippen LogP contribution in [0.3, 0.4) is 0 Å². The van der Waals surface area contributed by atoms with Crippen molar-refractivity contribution in [2.75, 3.05) is 20.3 Å². The molecule has 158 valence electrons. The van der Waals surface area contributed by atoms with Gasteiger partial charge in [-0.25, -0.2) is 0 Å². The summed E-state index contributed by atoms with van der Waals surface area (Å²) in [6.45, 7) is 5.57. The Labute approximate surface area is 188 Å². The van der Waals surface area contributed by atoms with Crippen LogP contribution in [0, 0.1) is 0 Å². The number of rotatable bonds is 9. The second-order valence-electron chi connectivity index (χ2n) is 7.21. The van der Waals surface area contributed by atoms with Crippen molar-refractivity contribution in [2.45, 2.75) is 32.6 Å². The topological polar surface area (TPSA) is 38.8 Å². The molecule has 2 aromatic rings. The lowest BCUT2D eigenvalue weighted by Gasteiger charge is -2.15. The maximum atomic E-state index is 12.2. The molecule has 1 unspecified atom stereocenters. The van der Waals surface area contributed by atoms with Gasteiger partial charge in [-0.1, -0.05) is 68.2 Å². The van der Waals surface area contributed by atoms with Gasteiger partial charge in [0.15, 0.2) is 0 Å². The predicted molar refractivity (Wildman–Crippen MR) is 128 cm³/mol. The van der Waals surface area contributed by atoms with Crippen molar-refractivity contribution in [2.24, 2.45) is 0 Å². The largest absolute Gasteiger partial charge is 0.493 e. The summed E-state index contributed by atoms with van der Waals surface area (Å²) in [6.07, 6.45) is 3.72. The first-order chi connectivity index (χ1) is 14.5. The molecule has 0 radical (unpaired) electrons. The Morgan fingerprint density at radius 3 is 2.63 bits per heavy atom. The molecule has 30 heavy (non-hydrogen) atoms. The second-order valence-corrected chi connectivity index (χ2v) is 8.89. The maximum absolute atomic E-state index is 12.2. The summed E-state index contributed by atoms with van der Waals surface area (Å²) >= 11 is 6.50. The van der Waals surface area contributed by atoms with Crippen molar-refractivity contribution in [1.82, 2.24) is 4.90 Å². The molecule has 1 fully saturated rings. The summed E-state index contributed by atoms with van der Waals surface area (Å²) < 4.78 is 12.5. The van der Waals surface area contributed by atoms with Crippen molar-refractivity contribution in [3.05, 3.63) is 64.6 Å². The van der Waals surface area contributed by atoms with E-state index in [0.29, 0.717) is 28.4 Å². The molecule has 1 saturated heterocycles. The van der Waals surface area contributed by atoms with Crippen LogP contribution in [0.5, 0.6) is 11.5 Å². The predicted octanol–water partition coefficient (Wildman–Crippen LogP) is 5.88. The highest BCUT2D eigenvalue weighted by Gasteiger charge is 2.28. The third kappa shape index (κ3) is 5.64. The number of benzene rings is 2. The molecule has 1 amide bonds. The second kappa shape index (κ2) is 10.6. The zero-order valence-corrected chi connectivity index (χ0v) is 19.2. The minimum Gasteiger partial charge on any atom is -0.493 e. The van der Waals surface area contributed by atoms with Gasteiger partial charge in [0.1, 0.15) is 15.8 Å². The first-order valence-corrected chi connectivity index (χ1v) is 11.4. The summed E-state index contributed by atoms with van der Waals surface area (Å²) in [6, 6.07) is 16.0. The number of amides is 1. The van der Waals surface area contributed by atoms with E-state index in [1.54, 1.807) is 7.05 Å². The SMILES string of the molecule is CCC(C)c1ccccc1OCCCOc1cccc(/C=C2\SC(=S)N(C)C2=O)c1. The van der Waals surface area contributed by atoms with Gasteiger partial charge in [-0.3, -0.25) is 9.69 Å². The Hall–Kier alpha value is -2.31. The van der Waals surface area contributed by atoms with Crippen LogP contribution in [0.15, 0.2) is 53.4 Å². The number of hydrogen-bond donors (Lipinski definition) is 0. The number of para-hydroxylation sites is 1. The van der Waals surface area contributed by atoms with Crippen molar-refractivity contribution in [3.63, 3.8) is 0 Å². The van der Waals surface area contributed by atoms with Crippen molar-refractivity contribution in [1.29, 1.82) is 0 Å². The molecular weight excluding hydrogens is 414 g/mol. The first kappa shape index (κ1) is 22.4. The van der Waals surface area contributed by atoms with Crippen LogP contribution >= 0.6 is 24.0 Å². The van der Waals surface area contributed by atoms with Crippen molar-refractivity contribution in [3.8, 4) is 11.5 Å². The van der Waals surface area contributed by atoms with Crippen LogP contribution in [0.2, 0.25) is 0 Å². The fourth-order valence-corrected chi connectivity index (χ4v) is 4.24. The molecule has 0 aliphatic carbocycles. The van der Waals surface area contributed by atoms with Gasteiger partial charge in [0, 0.05) is 13.5 Å². The van der Waals surface area contributed by atoms with Crippen molar-refractivity contribution >= 4 is 40.3 Å². The standard InChI is InChI=1S/C24H27NO3S2/c1-4-17(2)20-11-5-6-12-21(20)28-14-8-13-27-19-10-7-9-18(15-19)16-22-23(26)25(3)24(29)30-22/h5-7,9-12,15-17H,4,8,13-14H2,1-3H3/b22-16-. The molecule has 1 atom stereocenters. The molecule has 2 aromatic carbocycles. The van der Waals surface area contributed by atoms with E-state index < -0.39 is 0 Å². The molecule has 1 aliphatic rings. The Bertz CT molecular complexity index is 942. The average Bonchev–Trinajstić information content (AvgIpc) is 3.00. The Kier molecular flexibility index (Phi) is 7.94. The molecule has 1 heterocycles. The zero-order valence-electron chi connectivity index (χ0n) is 17.6. The number of hydrogen-bond acceptors (Lipinski definition) is 5. The highest BCUT2D eigenvalue weighted by molar-refractivity contribution is 8.26. The third-order valence-corrected chi connectivity index (χ3v) is 6.50. The Balaban J connectivity index is 1.50. The van der Waals surface area contributed by atoms with Crippen LogP contribution < -0.4 is 9.47 Å². The summed E-state index contributed by atoms with van der Waals surface area (Å²) in [5, 5.41) is 0. The van der Waals surface area contributed by atoms with Gasteiger partial charge in [-0.15, -0.1) is 0 Å². The minimum atomic E-state index is -0.0638. The first-order valence-electron chi connectivity index (χ1n) is 10.2. The van der Waals surface area contributed by atoms with Gasteiger partial charge in [-0.2, -0.15) is 0 Å². The number of carbonyl (C=O) groups excluding carboxylic acids is 1. The van der Waals surface area contributed by atoms with E-state index >= 15 is 0 Å². The number of ether oxygens (including phenoxy) is 2. The van der Waals surface area contributed by atoms with Crippen LogP contribution in [-0.4, -0.2) is 35.4 Å². The van der Waals surface area contributed by atoms with Crippen LogP contribution in [-0.2, 0) is 4.79 Å². The lowest BCUT2D eigenvalue weighted by atomic mass is 9.98. The number of likely N-dealkylation sites (N-methyl/N-ethyl adjacent to an activating group) is 1. The fourth-order valence-electron chi connectivity index (χ4n) is 3.06. The van der Waals surface area contributed by atoms with E-state index in [-0.39, 0.29) is 5.91 Å². The van der Waals surface area contributed by atoms with Gasteiger partial charge >= 0.3 is 0 Å². The molecule has 0 N–H and O–H groups in total. The number of thiocarbonyl (C=S) groups is 1. The normalized spacial score (nSPS) is 16.2. The lowest BCUT2D eigenvalue weighted by Crippen LogP contribution is -2.22. The molecule has 6 heteroatoms. The van der Waals surface area contributed by atoms with Gasteiger partial charge in [0.05, 0.1) is 18.1 Å². The molecule has 0 saturated carbocycles. The monoisotopic (exact) mass is 441 g/mol. The molecule has 0 bridgehead atoms. The fraction of sp³-hybridized carbons (Fsp3) is 0.333. The zero-order chi connectivity index (χ0) is 21.5. The number of thioether (sulfide) groups is 1. The van der Waals surface area contributed by atoms with E-state index in [4.69, 9.17) is 21.7 Å². The molecule has 4 nitrogen and oxygen atoms in total. The maximum Gasteiger partial charge on any atom is 0.265 e. The molecule has 1 aliphatic heterocycles. The van der Waals surface area contributed by atoms with Crippen LogP contribution in [0.25, 0.3) is 6.08 Å². The highest BCUT2D eigenvalue weighted by Crippen LogP contribution is 2.32. The van der Waals surface area contributed by atoms with Gasteiger partial charge < -0.3 is 9.47 Å². The van der Waals surface area contributed by atoms with E-state index in [0.717, 1.165) is 29.9 Å². The van der Waals surface area contributed by atoms with Gasteiger partial charge in [0.2, 0.25) is 0 Å². The molecule has 3 rings (SSSR count). The van der Waals surface area contributed by atoms with Gasteiger partial charge in [-0.05, 0) is 47.7 Å². The van der Waals surface area contributed by atoms with Crippen LogP contribution in [0.4, 0.5) is 0 Å². The third-order valence-electron chi connectivity index (χ3n) is 5.02.